The third kappa shape index (κ3) is 11.7. The minimum absolute atomic E-state index is 0.784. The minimum Gasteiger partial charge on any atom is -0.395 e. The molecule has 0 fully saturated rings. The standard InChI is InChI=1S/C7H8.C4H7NO.2C2H2/c1-7-5-3-2-4-6-7;1-4-2-3-6-5-4;2*1-2/h2-6H,1H3;2-3H2,1H3;2*1-2H. The molecule has 0 bridgehead atoms. The van der Waals surface area contributed by atoms with Crippen LogP contribution >= 0.6 is 0 Å². The number of hydrogen-bond donors (Lipinski definition) is 0. The maximum Gasteiger partial charge on any atom is 0.122 e. The van der Waals surface area contributed by atoms with Crippen LogP contribution < -0.4 is 0 Å². The molecule has 0 radical (unpaired) electrons. The predicted octanol–water partition coefficient (Wildman–Crippen LogP) is 3.28. The van der Waals surface area contributed by atoms with Gasteiger partial charge in [-0.25, -0.2) is 0 Å². The van der Waals surface area contributed by atoms with Gasteiger partial charge in [0, 0.05) is 6.42 Å². The molecule has 0 saturated heterocycles. The molecule has 0 saturated carbocycles. The molecular weight excluding hydrogens is 210 g/mol. The average Bonchev–Trinajstić information content (AvgIpc) is 2.87. The SMILES string of the molecule is C#C.C#C.CC1=NOCC1.Cc1ccccc1. The van der Waals surface area contributed by atoms with E-state index in [1.807, 2.05) is 25.1 Å². The Morgan fingerprint density at radius 2 is 1.53 bits per heavy atom. The van der Waals surface area contributed by atoms with Crippen molar-refractivity contribution in [3.05, 3.63) is 35.9 Å². The van der Waals surface area contributed by atoms with Crippen molar-refractivity contribution >= 4 is 5.71 Å². The lowest BCUT2D eigenvalue weighted by Crippen LogP contribution is -1.82. The van der Waals surface area contributed by atoms with E-state index < -0.39 is 0 Å². The van der Waals surface area contributed by atoms with Crippen LogP contribution in [0, 0.1) is 32.6 Å². The van der Waals surface area contributed by atoms with Crippen molar-refractivity contribution in [2.45, 2.75) is 20.3 Å². The van der Waals surface area contributed by atoms with E-state index in [1.54, 1.807) is 0 Å². The summed E-state index contributed by atoms with van der Waals surface area (Å²) in [7, 11) is 0. The van der Waals surface area contributed by atoms with Crippen molar-refractivity contribution in [3.8, 4) is 25.7 Å². The first-order chi connectivity index (χ1) is 8.29. The van der Waals surface area contributed by atoms with Crippen LogP contribution in [0.4, 0.5) is 0 Å². The highest BCUT2D eigenvalue weighted by Crippen LogP contribution is 1.96. The fraction of sp³-hybridized carbons (Fsp3) is 0.267. The summed E-state index contributed by atoms with van der Waals surface area (Å²) in [6.07, 6.45) is 17.0. The lowest BCUT2D eigenvalue weighted by molar-refractivity contribution is 0.173. The molecule has 2 nitrogen and oxygen atoms in total. The molecule has 1 aliphatic heterocycles. The van der Waals surface area contributed by atoms with Gasteiger partial charge in [-0.2, -0.15) is 0 Å². The van der Waals surface area contributed by atoms with Gasteiger partial charge >= 0.3 is 0 Å². The minimum atomic E-state index is 0.784. The fourth-order valence-electron chi connectivity index (χ4n) is 0.929. The molecule has 1 aromatic carbocycles. The molecule has 1 heterocycles. The maximum absolute atomic E-state index is 4.64. The first-order valence-corrected chi connectivity index (χ1v) is 5.13. The van der Waals surface area contributed by atoms with Crippen LogP contribution in [0.2, 0.25) is 0 Å². The highest BCUT2D eigenvalue weighted by molar-refractivity contribution is 5.82. The van der Waals surface area contributed by atoms with E-state index in [0.717, 1.165) is 18.7 Å². The van der Waals surface area contributed by atoms with Crippen molar-refractivity contribution in [1.82, 2.24) is 0 Å². The van der Waals surface area contributed by atoms with Crippen LogP contribution in [0.5, 0.6) is 0 Å². The molecule has 0 amide bonds. The quantitative estimate of drug-likeness (QED) is 0.626. The fourth-order valence-corrected chi connectivity index (χ4v) is 0.929. The second-order valence-electron chi connectivity index (χ2n) is 3.06. The van der Waals surface area contributed by atoms with Crippen molar-refractivity contribution in [2.75, 3.05) is 6.61 Å². The van der Waals surface area contributed by atoms with E-state index in [2.05, 4.69) is 54.7 Å². The molecule has 0 unspecified atom stereocenters. The van der Waals surface area contributed by atoms with Gasteiger partial charge in [0.15, 0.2) is 0 Å². The third-order valence-electron chi connectivity index (χ3n) is 1.72. The second kappa shape index (κ2) is 13.8. The molecule has 0 atom stereocenters. The van der Waals surface area contributed by atoms with Crippen LogP contribution in [0.1, 0.15) is 18.9 Å². The summed E-state index contributed by atoms with van der Waals surface area (Å²) in [5.74, 6) is 0. The molecule has 2 heteroatoms. The molecule has 0 aromatic heterocycles. The van der Waals surface area contributed by atoms with E-state index in [0.29, 0.717) is 0 Å². The van der Waals surface area contributed by atoms with Gasteiger partial charge in [-0.1, -0.05) is 41.1 Å². The molecule has 0 spiro atoms. The predicted molar refractivity (Wildman–Crippen MR) is 74.6 cm³/mol. The van der Waals surface area contributed by atoms with E-state index in [1.165, 1.54) is 5.56 Å². The summed E-state index contributed by atoms with van der Waals surface area (Å²) < 4.78 is 0. The first kappa shape index (κ1) is 17.2. The van der Waals surface area contributed by atoms with Gasteiger partial charge in [0.2, 0.25) is 0 Å². The zero-order chi connectivity index (χ0) is 13.5. The summed E-state index contributed by atoms with van der Waals surface area (Å²) >= 11 is 0. The molecular formula is C15H19NO. The molecule has 1 aromatic rings. The zero-order valence-electron chi connectivity index (χ0n) is 10.5. The van der Waals surface area contributed by atoms with Gasteiger partial charge in [-0.3, -0.25) is 0 Å². The van der Waals surface area contributed by atoms with Gasteiger partial charge in [0.1, 0.15) is 6.61 Å². The summed E-state index contributed by atoms with van der Waals surface area (Å²) in [4.78, 5) is 4.64. The van der Waals surface area contributed by atoms with Gasteiger partial charge < -0.3 is 4.84 Å². The van der Waals surface area contributed by atoms with Gasteiger partial charge in [-0.15, -0.1) is 25.7 Å². The third-order valence-corrected chi connectivity index (χ3v) is 1.72. The number of hydrogen-bond acceptors (Lipinski definition) is 2. The zero-order valence-corrected chi connectivity index (χ0v) is 10.5. The number of nitrogens with zero attached hydrogens (tertiary/aromatic N) is 1. The van der Waals surface area contributed by atoms with Gasteiger partial charge in [0.05, 0.1) is 5.71 Å². The van der Waals surface area contributed by atoms with Crippen LogP contribution in [-0.2, 0) is 4.84 Å². The molecule has 90 valence electrons. The molecule has 2 rings (SSSR count). The highest BCUT2D eigenvalue weighted by atomic mass is 16.6. The topological polar surface area (TPSA) is 21.6 Å². The summed E-state index contributed by atoms with van der Waals surface area (Å²) in [6, 6.07) is 10.3. The Hall–Kier alpha value is -2.19. The van der Waals surface area contributed by atoms with Crippen LogP contribution in [0.3, 0.4) is 0 Å². The van der Waals surface area contributed by atoms with Crippen molar-refractivity contribution in [2.24, 2.45) is 5.16 Å². The normalized spacial score (nSPS) is 10.8. The summed E-state index contributed by atoms with van der Waals surface area (Å²) in [5.41, 5.74) is 2.43. The Morgan fingerprint density at radius 1 is 1.00 bits per heavy atom. The highest BCUT2D eigenvalue weighted by Gasteiger charge is 1.98. The van der Waals surface area contributed by atoms with Crippen LogP contribution in [0.25, 0.3) is 0 Å². The molecule has 17 heavy (non-hydrogen) atoms. The van der Waals surface area contributed by atoms with Crippen molar-refractivity contribution < 1.29 is 4.84 Å². The first-order valence-electron chi connectivity index (χ1n) is 5.13. The molecule has 1 aliphatic rings. The summed E-state index contributed by atoms with van der Waals surface area (Å²) in [6.45, 7) is 4.83. The van der Waals surface area contributed by atoms with E-state index in [9.17, 15) is 0 Å². The number of oxime groups is 1. The number of aryl methyl sites for hydroxylation is 1. The Morgan fingerprint density at radius 3 is 1.71 bits per heavy atom. The van der Waals surface area contributed by atoms with Gasteiger partial charge in [0.25, 0.3) is 0 Å². The lowest BCUT2D eigenvalue weighted by Gasteiger charge is -1.82. The smallest absolute Gasteiger partial charge is 0.122 e. The number of rotatable bonds is 0. The van der Waals surface area contributed by atoms with E-state index in [4.69, 9.17) is 0 Å². The Bertz CT molecular complexity index is 330. The average molecular weight is 229 g/mol. The van der Waals surface area contributed by atoms with Crippen molar-refractivity contribution in [1.29, 1.82) is 0 Å². The maximum atomic E-state index is 4.64. The largest absolute Gasteiger partial charge is 0.395 e. The Balaban J connectivity index is 0. The lowest BCUT2D eigenvalue weighted by atomic mass is 10.2. The van der Waals surface area contributed by atoms with E-state index in [-0.39, 0.29) is 0 Å². The monoisotopic (exact) mass is 229 g/mol. The van der Waals surface area contributed by atoms with Crippen LogP contribution in [-0.4, -0.2) is 12.3 Å². The molecule has 0 aliphatic carbocycles. The second-order valence-corrected chi connectivity index (χ2v) is 3.06. The number of benzene rings is 1. The Labute approximate surface area is 105 Å². The van der Waals surface area contributed by atoms with Crippen LogP contribution in [0.15, 0.2) is 35.5 Å². The summed E-state index contributed by atoms with van der Waals surface area (Å²) in [5, 5.41) is 3.65. The van der Waals surface area contributed by atoms with E-state index >= 15 is 0 Å². The van der Waals surface area contributed by atoms with Crippen molar-refractivity contribution in [3.63, 3.8) is 0 Å². The molecule has 0 N–H and O–H groups in total. The van der Waals surface area contributed by atoms with Gasteiger partial charge in [-0.05, 0) is 13.8 Å². The number of terminal acetylenes is 2. The Kier molecular flexibility index (Phi) is 14.0.